The Bertz CT molecular complexity index is 493. The number of carbonyl (C=O) groups excluding carboxylic acids is 1. The number of carbonyl (C=O) groups is 2. The van der Waals surface area contributed by atoms with Gasteiger partial charge in [0.05, 0.1) is 5.56 Å². The van der Waals surface area contributed by atoms with Gasteiger partial charge in [-0.1, -0.05) is 0 Å². The van der Waals surface area contributed by atoms with Gasteiger partial charge in [-0.15, -0.1) is 0 Å². The van der Waals surface area contributed by atoms with Crippen LogP contribution in [-0.4, -0.2) is 30.1 Å². The number of nitrogens with one attached hydrogen (secondary N) is 2. The molecular formula is C14H18N2O3. The highest BCUT2D eigenvalue weighted by Gasteiger charge is 2.21. The fourth-order valence-corrected chi connectivity index (χ4v) is 2.31. The summed E-state index contributed by atoms with van der Waals surface area (Å²) in [6.45, 7) is 3.47. The molecule has 19 heavy (non-hydrogen) atoms. The second-order valence-electron chi connectivity index (χ2n) is 4.85. The SMILES string of the molecule is Cc1cc(NC(=O)C2CCNCC2)ccc1C(=O)O. The van der Waals surface area contributed by atoms with Crippen molar-refractivity contribution in [3.8, 4) is 0 Å². The Morgan fingerprint density at radius 2 is 2.00 bits per heavy atom. The first-order valence-electron chi connectivity index (χ1n) is 6.43. The van der Waals surface area contributed by atoms with Crippen LogP contribution in [0.3, 0.4) is 0 Å². The number of rotatable bonds is 3. The maximum absolute atomic E-state index is 12.0. The highest BCUT2D eigenvalue weighted by atomic mass is 16.4. The number of anilines is 1. The van der Waals surface area contributed by atoms with E-state index in [0.29, 0.717) is 11.3 Å². The largest absolute Gasteiger partial charge is 0.478 e. The Balaban J connectivity index is 2.04. The summed E-state index contributed by atoms with van der Waals surface area (Å²) < 4.78 is 0. The van der Waals surface area contributed by atoms with Crippen LogP contribution < -0.4 is 10.6 Å². The molecule has 5 heteroatoms. The third-order valence-electron chi connectivity index (χ3n) is 3.43. The van der Waals surface area contributed by atoms with Gasteiger partial charge in [-0.2, -0.15) is 0 Å². The first-order chi connectivity index (χ1) is 9.08. The fraction of sp³-hybridized carbons (Fsp3) is 0.429. The van der Waals surface area contributed by atoms with Crippen LogP contribution in [0.15, 0.2) is 18.2 Å². The summed E-state index contributed by atoms with van der Waals surface area (Å²) in [5.41, 5.74) is 1.57. The van der Waals surface area contributed by atoms with Crippen molar-refractivity contribution in [1.29, 1.82) is 0 Å². The van der Waals surface area contributed by atoms with Crippen molar-refractivity contribution in [3.05, 3.63) is 29.3 Å². The molecule has 0 radical (unpaired) electrons. The molecule has 1 aromatic carbocycles. The number of carboxylic acids is 1. The van der Waals surface area contributed by atoms with E-state index in [9.17, 15) is 9.59 Å². The van der Waals surface area contributed by atoms with Crippen molar-refractivity contribution in [2.45, 2.75) is 19.8 Å². The molecule has 1 amide bonds. The van der Waals surface area contributed by atoms with E-state index in [0.717, 1.165) is 25.9 Å². The van der Waals surface area contributed by atoms with E-state index in [2.05, 4.69) is 10.6 Å². The summed E-state index contributed by atoms with van der Waals surface area (Å²) in [4.78, 5) is 23.0. The van der Waals surface area contributed by atoms with Gasteiger partial charge in [0.15, 0.2) is 0 Å². The minimum Gasteiger partial charge on any atom is -0.478 e. The zero-order valence-electron chi connectivity index (χ0n) is 10.9. The van der Waals surface area contributed by atoms with Gasteiger partial charge in [0.1, 0.15) is 0 Å². The molecule has 1 heterocycles. The minimum atomic E-state index is -0.950. The molecule has 0 aliphatic carbocycles. The number of carboxylic acid groups (broad SMARTS) is 1. The summed E-state index contributed by atoms with van der Waals surface area (Å²) in [5.74, 6) is -0.890. The molecule has 0 bridgehead atoms. The maximum atomic E-state index is 12.0. The van der Waals surface area contributed by atoms with Crippen LogP contribution in [0.25, 0.3) is 0 Å². The number of aryl methyl sites for hydroxylation is 1. The smallest absolute Gasteiger partial charge is 0.335 e. The van der Waals surface area contributed by atoms with Crippen molar-refractivity contribution >= 4 is 17.6 Å². The molecule has 0 saturated carbocycles. The lowest BCUT2D eigenvalue weighted by molar-refractivity contribution is -0.120. The van der Waals surface area contributed by atoms with Crippen molar-refractivity contribution in [1.82, 2.24) is 5.32 Å². The lowest BCUT2D eigenvalue weighted by atomic mass is 9.97. The van der Waals surface area contributed by atoms with Crippen molar-refractivity contribution in [3.63, 3.8) is 0 Å². The normalized spacial score (nSPS) is 16.1. The van der Waals surface area contributed by atoms with Crippen LogP contribution >= 0.6 is 0 Å². The summed E-state index contributed by atoms with van der Waals surface area (Å²) >= 11 is 0. The summed E-state index contributed by atoms with van der Waals surface area (Å²) in [6.07, 6.45) is 1.69. The molecule has 102 valence electrons. The fourth-order valence-electron chi connectivity index (χ4n) is 2.31. The Hall–Kier alpha value is -1.88. The average Bonchev–Trinajstić information content (AvgIpc) is 2.39. The quantitative estimate of drug-likeness (QED) is 0.773. The standard InChI is InChI=1S/C14H18N2O3/c1-9-8-11(2-3-12(9)14(18)19)16-13(17)10-4-6-15-7-5-10/h2-3,8,10,15H,4-7H2,1H3,(H,16,17)(H,18,19). The predicted molar refractivity (Wildman–Crippen MR) is 72.4 cm³/mol. The minimum absolute atomic E-state index is 0.0176. The van der Waals surface area contributed by atoms with E-state index in [4.69, 9.17) is 5.11 Å². The Labute approximate surface area is 112 Å². The highest BCUT2D eigenvalue weighted by molar-refractivity contribution is 5.94. The van der Waals surface area contributed by atoms with Gasteiger partial charge in [-0.25, -0.2) is 4.79 Å². The molecule has 1 fully saturated rings. The molecule has 1 aromatic rings. The van der Waals surface area contributed by atoms with E-state index in [1.165, 1.54) is 6.07 Å². The molecule has 2 rings (SSSR count). The van der Waals surface area contributed by atoms with E-state index in [-0.39, 0.29) is 17.4 Å². The molecule has 1 saturated heterocycles. The molecule has 1 aliphatic rings. The van der Waals surface area contributed by atoms with Gasteiger partial charge in [0, 0.05) is 11.6 Å². The average molecular weight is 262 g/mol. The van der Waals surface area contributed by atoms with Gasteiger partial charge in [0.25, 0.3) is 0 Å². The molecule has 0 aromatic heterocycles. The second-order valence-corrected chi connectivity index (χ2v) is 4.85. The number of hydrogen-bond donors (Lipinski definition) is 3. The third kappa shape index (κ3) is 3.32. The number of hydrogen-bond acceptors (Lipinski definition) is 3. The van der Waals surface area contributed by atoms with Gasteiger partial charge < -0.3 is 15.7 Å². The molecular weight excluding hydrogens is 244 g/mol. The van der Waals surface area contributed by atoms with Gasteiger partial charge in [-0.05, 0) is 56.6 Å². The van der Waals surface area contributed by atoms with Crippen LogP contribution in [0, 0.1) is 12.8 Å². The van der Waals surface area contributed by atoms with E-state index in [1.807, 2.05) is 0 Å². The Morgan fingerprint density at radius 1 is 1.32 bits per heavy atom. The number of aromatic carboxylic acids is 1. The lowest BCUT2D eigenvalue weighted by Gasteiger charge is -2.21. The summed E-state index contributed by atoms with van der Waals surface area (Å²) in [5, 5.41) is 15.0. The molecule has 0 spiro atoms. The van der Waals surface area contributed by atoms with Gasteiger partial charge in [-0.3, -0.25) is 4.79 Å². The summed E-state index contributed by atoms with van der Waals surface area (Å²) in [6, 6.07) is 4.85. The number of amides is 1. The summed E-state index contributed by atoms with van der Waals surface area (Å²) in [7, 11) is 0. The van der Waals surface area contributed by atoms with Crippen molar-refractivity contribution in [2.75, 3.05) is 18.4 Å². The first kappa shape index (κ1) is 13.5. The zero-order valence-corrected chi connectivity index (χ0v) is 10.9. The van der Waals surface area contributed by atoms with Crippen molar-refractivity contribution in [2.24, 2.45) is 5.92 Å². The maximum Gasteiger partial charge on any atom is 0.335 e. The van der Waals surface area contributed by atoms with E-state index in [1.54, 1.807) is 19.1 Å². The lowest BCUT2D eigenvalue weighted by Crippen LogP contribution is -2.34. The zero-order chi connectivity index (χ0) is 13.8. The molecule has 0 atom stereocenters. The highest BCUT2D eigenvalue weighted by Crippen LogP contribution is 2.18. The molecule has 3 N–H and O–H groups in total. The molecule has 1 aliphatic heterocycles. The Morgan fingerprint density at radius 3 is 2.58 bits per heavy atom. The van der Waals surface area contributed by atoms with Gasteiger partial charge >= 0.3 is 5.97 Å². The topological polar surface area (TPSA) is 78.4 Å². The van der Waals surface area contributed by atoms with Crippen LogP contribution in [0.5, 0.6) is 0 Å². The van der Waals surface area contributed by atoms with Crippen LogP contribution in [0.1, 0.15) is 28.8 Å². The number of piperidine rings is 1. The molecule has 0 unspecified atom stereocenters. The van der Waals surface area contributed by atoms with Crippen LogP contribution in [0.2, 0.25) is 0 Å². The predicted octanol–water partition coefficient (Wildman–Crippen LogP) is 1.63. The van der Waals surface area contributed by atoms with E-state index >= 15 is 0 Å². The third-order valence-corrected chi connectivity index (χ3v) is 3.43. The van der Waals surface area contributed by atoms with E-state index < -0.39 is 5.97 Å². The van der Waals surface area contributed by atoms with Gasteiger partial charge in [0.2, 0.25) is 5.91 Å². The van der Waals surface area contributed by atoms with Crippen LogP contribution in [-0.2, 0) is 4.79 Å². The first-order valence-corrected chi connectivity index (χ1v) is 6.43. The molecule has 5 nitrogen and oxygen atoms in total. The number of benzene rings is 1. The van der Waals surface area contributed by atoms with Crippen molar-refractivity contribution < 1.29 is 14.7 Å². The monoisotopic (exact) mass is 262 g/mol. The second kappa shape index (κ2) is 5.84. The van der Waals surface area contributed by atoms with Crippen LogP contribution in [0.4, 0.5) is 5.69 Å². The Kier molecular flexibility index (Phi) is 4.16.